The number of anilines is 1. The van der Waals surface area contributed by atoms with Crippen molar-refractivity contribution in [2.45, 2.75) is 40.3 Å². The first-order valence-electron chi connectivity index (χ1n) is 10.4. The molecule has 0 aliphatic carbocycles. The topological polar surface area (TPSA) is 88.8 Å². The number of aliphatic hydroxyl groups excluding tert-OH is 1. The summed E-state index contributed by atoms with van der Waals surface area (Å²) in [5.41, 5.74) is 5.39. The third kappa shape index (κ3) is 4.22. The number of aliphatic hydroxyl groups is 1. The van der Waals surface area contributed by atoms with Gasteiger partial charge in [0.2, 0.25) is 0 Å². The summed E-state index contributed by atoms with van der Waals surface area (Å²) in [7, 11) is 0. The number of aryl methyl sites for hydroxylation is 3. The molecule has 164 valence electrons. The predicted octanol–water partition coefficient (Wildman–Crippen LogP) is 4.45. The maximum atomic E-state index is 14.5. The lowest BCUT2D eigenvalue weighted by molar-refractivity contribution is 0.276. The van der Waals surface area contributed by atoms with E-state index in [1.54, 1.807) is 25.4 Å². The Labute approximate surface area is 186 Å². The maximum Gasteiger partial charge on any atom is 0.152 e. The minimum absolute atomic E-state index is 0.216. The third-order valence-corrected chi connectivity index (χ3v) is 5.38. The van der Waals surface area contributed by atoms with Gasteiger partial charge in [-0.05, 0) is 57.0 Å². The standard InChI is InChI=1S/C24H25FN6O/c1-14-6-5-7-18(23(14)25)17(4)27-24-15(2)10-20(29-30-24)19-8-9-22(21(12-32)28-19)31-11-16(3)26-13-31/h5-11,13,17,32H,12H2,1-4H3,(H,27,30)/t17-/m0/s1. The summed E-state index contributed by atoms with van der Waals surface area (Å²) in [6.07, 6.45) is 3.56. The molecule has 32 heavy (non-hydrogen) atoms. The molecule has 0 radical (unpaired) electrons. The second-order valence-electron chi connectivity index (χ2n) is 7.85. The van der Waals surface area contributed by atoms with Crippen LogP contribution in [0.4, 0.5) is 10.2 Å². The molecule has 0 aliphatic rings. The average molecular weight is 433 g/mol. The van der Waals surface area contributed by atoms with Crippen LogP contribution in [-0.4, -0.2) is 29.8 Å². The zero-order valence-corrected chi connectivity index (χ0v) is 18.5. The third-order valence-electron chi connectivity index (χ3n) is 5.38. The van der Waals surface area contributed by atoms with Gasteiger partial charge in [-0.15, -0.1) is 10.2 Å². The molecule has 0 spiro atoms. The fourth-order valence-electron chi connectivity index (χ4n) is 3.58. The van der Waals surface area contributed by atoms with Gasteiger partial charge >= 0.3 is 0 Å². The first kappa shape index (κ1) is 21.6. The van der Waals surface area contributed by atoms with Crippen LogP contribution in [0.1, 0.15) is 41.0 Å². The molecule has 1 aromatic carbocycles. The second kappa shape index (κ2) is 8.84. The Morgan fingerprint density at radius 2 is 1.88 bits per heavy atom. The largest absolute Gasteiger partial charge is 0.390 e. The highest BCUT2D eigenvalue weighted by atomic mass is 19.1. The van der Waals surface area contributed by atoms with Crippen LogP contribution in [0.2, 0.25) is 0 Å². The molecule has 4 aromatic rings. The molecule has 1 atom stereocenters. The number of rotatable bonds is 6. The van der Waals surface area contributed by atoms with Crippen molar-refractivity contribution in [2.24, 2.45) is 0 Å². The van der Waals surface area contributed by atoms with Crippen LogP contribution in [-0.2, 0) is 6.61 Å². The van der Waals surface area contributed by atoms with Crippen LogP contribution in [0.5, 0.6) is 0 Å². The Bertz CT molecular complexity index is 1270. The monoisotopic (exact) mass is 432 g/mol. The minimum atomic E-state index is -0.272. The lowest BCUT2D eigenvalue weighted by Gasteiger charge is -2.18. The number of aromatic nitrogens is 5. The molecule has 8 heteroatoms. The summed E-state index contributed by atoms with van der Waals surface area (Å²) >= 11 is 0. The van der Waals surface area contributed by atoms with Gasteiger partial charge in [0.05, 0.1) is 41.7 Å². The highest BCUT2D eigenvalue weighted by molar-refractivity contribution is 5.60. The predicted molar refractivity (Wildman–Crippen MR) is 121 cm³/mol. The molecule has 0 saturated heterocycles. The fraction of sp³-hybridized carbons (Fsp3) is 0.250. The Morgan fingerprint density at radius 3 is 2.56 bits per heavy atom. The number of imidazole rings is 1. The van der Waals surface area contributed by atoms with E-state index in [2.05, 4.69) is 25.5 Å². The number of nitrogens with zero attached hydrogens (tertiary/aromatic N) is 5. The van der Waals surface area contributed by atoms with E-state index >= 15 is 0 Å². The molecule has 0 amide bonds. The van der Waals surface area contributed by atoms with Gasteiger partial charge in [-0.2, -0.15) is 0 Å². The minimum Gasteiger partial charge on any atom is -0.390 e. The number of hydrogen-bond donors (Lipinski definition) is 2. The fourth-order valence-corrected chi connectivity index (χ4v) is 3.58. The Balaban J connectivity index is 1.60. The van der Waals surface area contributed by atoms with E-state index in [9.17, 15) is 9.50 Å². The first-order chi connectivity index (χ1) is 15.4. The molecule has 0 aliphatic heterocycles. The van der Waals surface area contributed by atoms with Gasteiger partial charge in [-0.1, -0.05) is 18.2 Å². The summed E-state index contributed by atoms with van der Waals surface area (Å²) in [4.78, 5) is 8.80. The van der Waals surface area contributed by atoms with E-state index in [-0.39, 0.29) is 18.5 Å². The summed E-state index contributed by atoms with van der Waals surface area (Å²) in [5.74, 6) is 0.360. The van der Waals surface area contributed by atoms with Crippen molar-refractivity contribution in [1.29, 1.82) is 0 Å². The zero-order valence-electron chi connectivity index (χ0n) is 18.5. The molecule has 3 heterocycles. The second-order valence-corrected chi connectivity index (χ2v) is 7.85. The number of benzene rings is 1. The molecule has 2 N–H and O–H groups in total. The zero-order chi connectivity index (χ0) is 22.8. The van der Waals surface area contributed by atoms with Gasteiger partial charge in [0.15, 0.2) is 5.82 Å². The molecular weight excluding hydrogens is 407 g/mol. The molecule has 3 aromatic heterocycles. The number of pyridine rings is 1. The molecule has 0 unspecified atom stereocenters. The highest BCUT2D eigenvalue weighted by Crippen LogP contribution is 2.26. The SMILES string of the molecule is Cc1cn(-c2ccc(-c3cc(C)c(N[C@@H](C)c4cccc(C)c4F)nn3)nc2CO)cn1. The van der Waals surface area contributed by atoms with E-state index in [1.807, 2.05) is 55.8 Å². The lowest BCUT2D eigenvalue weighted by Crippen LogP contribution is -2.12. The van der Waals surface area contributed by atoms with Gasteiger partial charge in [0, 0.05) is 11.8 Å². The van der Waals surface area contributed by atoms with Gasteiger partial charge in [-0.3, -0.25) is 0 Å². The molecule has 0 saturated carbocycles. The van der Waals surface area contributed by atoms with Crippen molar-refractivity contribution < 1.29 is 9.50 Å². The van der Waals surface area contributed by atoms with Crippen LogP contribution in [0.3, 0.4) is 0 Å². The van der Waals surface area contributed by atoms with Crippen LogP contribution >= 0.6 is 0 Å². The molecule has 0 fully saturated rings. The Kier molecular flexibility index (Phi) is 5.96. The first-order valence-corrected chi connectivity index (χ1v) is 10.4. The lowest BCUT2D eigenvalue weighted by atomic mass is 10.0. The van der Waals surface area contributed by atoms with E-state index in [0.29, 0.717) is 34.0 Å². The Hall–Kier alpha value is -3.65. The highest BCUT2D eigenvalue weighted by Gasteiger charge is 2.16. The van der Waals surface area contributed by atoms with Crippen molar-refractivity contribution in [3.8, 4) is 17.1 Å². The van der Waals surface area contributed by atoms with E-state index in [1.165, 1.54) is 0 Å². The molecule has 4 rings (SSSR count). The van der Waals surface area contributed by atoms with E-state index in [0.717, 1.165) is 16.9 Å². The van der Waals surface area contributed by atoms with Gasteiger partial charge in [-0.25, -0.2) is 14.4 Å². The van der Waals surface area contributed by atoms with Crippen molar-refractivity contribution in [3.63, 3.8) is 0 Å². The van der Waals surface area contributed by atoms with Crippen LogP contribution in [0.15, 0.2) is 48.9 Å². The summed E-state index contributed by atoms with van der Waals surface area (Å²) in [5, 5.41) is 21.7. The molecular formula is C24H25FN6O. The van der Waals surface area contributed by atoms with Crippen LogP contribution in [0.25, 0.3) is 17.1 Å². The van der Waals surface area contributed by atoms with Gasteiger partial charge < -0.3 is 15.0 Å². The van der Waals surface area contributed by atoms with Gasteiger partial charge in [0.25, 0.3) is 0 Å². The van der Waals surface area contributed by atoms with Crippen molar-refractivity contribution in [1.82, 2.24) is 24.7 Å². The smallest absolute Gasteiger partial charge is 0.152 e. The normalized spacial score (nSPS) is 12.1. The number of halogens is 1. The summed E-state index contributed by atoms with van der Waals surface area (Å²) in [6.45, 7) is 7.23. The quantitative estimate of drug-likeness (QED) is 0.468. The summed E-state index contributed by atoms with van der Waals surface area (Å²) in [6, 6.07) is 10.7. The van der Waals surface area contributed by atoms with Crippen LogP contribution in [0, 0.1) is 26.6 Å². The van der Waals surface area contributed by atoms with Crippen LogP contribution < -0.4 is 5.32 Å². The van der Waals surface area contributed by atoms with Gasteiger partial charge in [0.1, 0.15) is 11.5 Å². The van der Waals surface area contributed by atoms with E-state index < -0.39 is 0 Å². The number of hydrogen-bond acceptors (Lipinski definition) is 6. The molecule has 0 bridgehead atoms. The average Bonchev–Trinajstić information content (AvgIpc) is 3.22. The van der Waals surface area contributed by atoms with Crippen molar-refractivity contribution in [2.75, 3.05) is 5.32 Å². The van der Waals surface area contributed by atoms with Crippen molar-refractivity contribution >= 4 is 5.82 Å². The Morgan fingerprint density at radius 1 is 1.06 bits per heavy atom. The maximum absolute atomic E-state index is 14.5. The van der Waals surface area contributed by atoms with E-state index in [4.69, 9.17) is 0 Å². The van der Waals surface area contributed by atoms with Crippen molar-refractivity contribution in [3.05, 3.63) is 82.8 Å². The number of nitrogens with one attached hydrogen (secondary N) is 1. The summed E-state index contributed by atoms with van der Waals surface area (Å²) < 4.78 is 16.3. The molecule has 7 nitrogen and oxygen atoms in total.